The van der Waals surface area contributed by atoms with Gasteiger partial charge in [-0.05, 0) is 56.7 Å². The van der Waals surface area contributed by atoms with E-state index in [0.29, 0.717) is 28.6 Å². The van der Waals surface area contributed by atoms with Crippen molar-refractivity contribution in [2.45, 2.75) is 38.6 Å². The number of aryl methyl sites for hydroxylation is 1. The van der Waals surface area contributed by atoms with Crippen molar-refractivity contribution in [3.63, 3.8) is 0 Å². The Kier molecular flexibility index (Phi) is 7.87. The number of nitrogens with zero attached hydrogens (tertiary/aromatic N) is 3. The Morgan fingerprint density at radius 2 is 1.51 bits per heavy atom. The molecule has 1 aliphatic carbocycles. The van der Waals surface area contributed by atoms with Gasteiger partial charge in [0.2, 0.25) is 5.95 Å². The normalized spacial score (nSPS) is 17.0. The Balaban J connectivity index is 1.17. The Hall–Kier alpha value is -4.26. The summed E-state index contributed by atoms with van der Waals surface area (Å²) in [5, 5.41) is 7.67. The van der Waals surface area contributed by atoms with Gasteiger partial charge in [0.1, 0.15) is 5.82 Å². The van der Waals surface area contributed by atoms with Gasteiger partial charge in [-0.1, -0.05) is 60.2 Å². The van der Waals surface area contributed by atoms with Crippen molar-refractivity contribution in [2.75, 3.05) is 30.9 Å². The Labute approximate surface area is 229 Å². The molecule has 4 aromatic rings. The molecule has 7 heteroatoms. The van der Waals surface area contributed by atoms with Gasteiger partial charge in [0.25, 0.3) is 5.91 Å². The van der Waals surface area contributed by atoms with Crippen LogP contribution in [0.5, 0.6) is 0 Å². The fourth-order valence-corrected chi connectivity index (χ4v) is 5.23. The average molecular weight is 522 g/mol. The van der Waals surface area contributed by atoms with Crippen LogP contribution in [0.25, 0.3) is 10.9 Å². The highest BCUT2D eigenvalue weighted by atomic mass is 16.2. The molecule has 0 radical (unpaired) electrons. The van der Waals surface area contributed by atoms with Crippen molar-refractivity contribution >= 4 is 34.4 Å². The summed E-state index contributed by atoms with van der Waals surface area (Å²) in [6.45, 7) is 2.78. The first-order chi connectivity index (χ1) is 18.9. The minimum absolute atomic E-state index is 0.0912. The van der Waals surface area contributed by atoms with Gasteiger partial charge in [0.05, 0.1) is 11.1 Å². The SMILES string of the molecule is Cc1ccc(C(=O)c2ccccc2C(=O)NC2CCC(CNc3nc(N(C)C)c4ccccc4n3)CC2)cc1. The lowest BCUT2D eigenvalue weighted by Gasteiger charge is -2.29. The molecular formula is C32H35N5O2. The molecule has 1 saturated carbocycles. The predicted molar refractivity (Wildman–Crippen MR) is 157 cm³/mol. The van der Waals surface area contributed by atoms with Gasteiger partial charge in [0, 0.05) is 43.2 Å². The number of para-hydroxylation sites is 1. The molecule has 0 spiro atoms. The quantitative estimate of drug-likeness (QED) is 0.292. The van der Waals surface area contributed by atoms with E-state index in [1.807, 2.05) is 74.4 Å². The summed E-state index contributed by atoms with van der Waals surface area (Å²) in [4.78, 5) is 37.8. The van der Waals surface area contributed by atoms with E-state index in [1.54, 1.807) is 24.3 Å². The number of fused-ring (bicyclic) bond motifs is 1. The molecular weight excluding hydrogens is 486 g/mol. The van der Waals surface area contributed by atoms with Crippen LogP contribution in [-0.2, 0) is 0 Å². The number of ketones is 1. The first-order valence-corrected chi connectivity index (χ1v) is 13.6. The second kappa shape index (κ2) is 11.6. The first kappa shape index (κ1) is 26.4. The largest absolute Gasteiger partial charge is 0.362 e. The van der Waals surface area contributed by atoms with Gasteiger partial charge in [-0.15, -0.1) is 0 Å². The number of benzene rings is 3. The highest BCUT2D eigenvalue weighted by Gasteiger charge is 2.25. The van der Waals surface area contributed by atoms with E-state index in [4.69, 9.17) is 9.97 Å². The number of hydrogen-bond donors (Lipinski definition) is 2. The second-order valence-electron chi connectivity index (χ2n) is 10.6. The zero-order valence-electron chi connectivity index (χ0n) is 22.8. The molecule has 0 unspecified atom stereocenters. The third-order valence-electron chi connectivity index (χ3n) is 7.47. The van der Waals surface area contributed by atoms with E-state index in [-0.39, 0.29) is 17.7 Å². The molecule has 0 atom stereocenters. The summed E-state index contributed by atoms with van der Waals surface area (Å²) in [7, 11) is 3.98. The molecule has 1 fully saturated rings. The maximum absolute atomic E-state index is 13.2. The maximum atomic E-state index is 13.2. The molecule has 2 N–H and O–H groups in total. The van der Waals surface area contributed by atoms with E-state index < -0.39 is 0 Å². The number of anilines is 2. The van der Waals surface area contributed by atoms with E-state index in [1.165, 1.54) is 0 Å². The van der Waals surface area contributed by atoms with Crippen LogP contribution in [0.15, 0.2) is 72.8 Å². The highest BCUT2D eigenvalue weighted by Crippen LogP contribution is 2.27. The summed E-state index contributed by atoms with van der Waals surface area (Å²) in [6.07, 6.45) is 3.79. The number of carbonyl (C=O) groups is 2. The van der Waals surface area contributed by atoms with Gasteiger partial charge in [-0.2, -0.15) is 4.98 Å². The Morgan fingerprint density at radius 3 is 2.23 bits per heavy atom. The predicted octanol–water partition coefficient (Wildman–Crippen LogP) is 5.64. The number of amides is 1. The third-order valence-corrected chi connectivity index (χ3v) is 7.47. The molecule has 1 heterocycles. The number of aromatic nitrogens is 2. The lowest BCUT2D eigenvalue weighted by atomic mass is 9.85. The number of hydrogen-bond acceptors (Lipinski definition) is 6. The van der Waals surface area contributed by atoms with Gasteiger partial charge >= 0.3 is 0 Å². The van der Waals surface area contributed by atoms with Crippen LogP contribution in [0.2, 0.25) is 0 Å². The van der Waals surface area contributed by atoms with Crippen molar-refractivity contribution in [1.82, 2.24) is 15.3 Å². The van der Waals surface area contributed by atoms with Gasteiger partial charge in [-0.25, -0.2) is 4.98 Å². The van der Waals surface area contributed by atoms with Gasteiger partial charge in [-0.3, -0.25) is 9.59 Å². The minimum Gasteiger partial charge on any atom is -0.362 e. The lowest BCUT2D eigenvalue weighted by molar-refractivity contribution is 0.0913. The van der Waals surface area contributed by atoms with Gasteiger partial charge in [0.15, 0.2) is 5.78 Å². The molecule has 200 valence electrons. The molecule has 5 rings (SSSR count). The Morgan fingerprint density at radius 1 is 0.846 bits per heavy atom. The molecule has 0 aliphatic heterocycles. The summed E-state index contributed by atoms with van der Waals surface area (Å²) < 4.78 is 0. The summed E-state index contributed by atoms with van der Waals surface area (Å²) in [5.74, 6) is 1.70. The van der Waals surface area contributed by atoms with Gasteiger partial charge < -0.3 is 15.5 Å². The molecule has 1 aliphatic rings. The summed E-state index contributed by atoms with van der Waals surface area (Å²) >= 11 is 0. The fraction of sp³-hybridized carbons (Fsp3) is 0.312. The standard InChI is InChI=1S/C32H35N5O2/c1-21-12-16-23(17-13-21)29(38)25-8-4-5-9-26(25)31(39)34-24-18-14-22(15-19-24)20-33-32-35-28-11-7-6-10-27(28)30(36-32)37(2)3/h4-13,16-17,22,24H,14-15,18-20H2,1-3H3,(H,34,39)(H,33,35,36). The molecule has 39 heavy (non-hydrogen) atoms. The van der Waals surface area contributed by atoms with Crippen LogP contribution in [0.3, 0.4) is 0 Å². The van der Waals surface area contributed by atoms with E-state index in [0.717, 1.165) is 54.5 Å². The minimum atomic E-state index is -0.187. The molecule has 0 bridgehead atoms. The first-order valence-electron chi connectivity index (χ1n) is 13.6. The van der Waals surface area contributed by atoms with Crippen LogP contribution in [-0.4, -0.2) is 48.3 Å². The molecule has 3 aromatic carbocycles. The summed E-state index contributed by atoms with van der Waals surface area (Å²) in [5.41, 5.74) is 3.46. The van der Waals surface area contributed by atoms with Crippen molar-refractivity contribution < 1.29 is 9.59 Å². The van der Waals surface area contributed by atoms with Crippen molar-refractivity contribution in [2.24, 2.45) is 5.92 Å². The van der Waals surface area contributed by atoms with Crippen molar-refractivity contribution in [3.8, 4) is 0 Å². The van der Waals surface area contributed by atoms with Crippen LogP contribution in [0.1, 0.15) is 57.5 Å². The zero-order valence-corrected chi connectivity index (χ0v) is 22.8. The fourth-order valence-electron chi connectivity index (χ4n) is 5.23. The van der Waals surface area contributed by atoms with E-state index >= 15 is 0 Å². The molecule has 0 saturated heterocycles. The number of nitrogens with one attached hydrogen (secondary N) is 2. The molecule has 1 aromatic heterocycles. The smallest absolute Gasteiger partial charge is 0.252 e. The topological polar surface area (TPSA) is 87.2 Å². The maximum Gasteiger partial charge on any atom is 0.252 e. The Bertz CT molecular complexity index is 1470. The highest BCUT2D eigenvalue weighted by molar-refractivity contribution is 6.15. The van der Waals surface area contributed by atoms with E-state index in [2.05, 4.69) is 10.6 Å². The van der Waals surface area contributed by atoms with E-state index in [9.17, 15) is 9.59 Å². The van der Waals surface area contributed by atoms with Crippen LogP contribution in [0, 0.1) is 12.8 Å². The van der Waals surface area contributed by atoms with Crippen LogP contribution >= 0.6 is 0 Å². The summed E-state index contributed by atoms with van der Waals surface area (Å²) in [6, 6.07) is 22.7. The van der Waals surface area contributed by atoms with Crippen LogP contribution < -0.4 is 15.5 Å². The molecule has 7 nitrogen and oxygen atoms in total. The van der Waals surface area contributed by atoms with Crippen molar-refractivity contribution in [3.05, 3.63) is 95.1 Å². The third kappa shape index (κ3) is 6.08. The lowest BCUT2D eigenvalue weighted by Crippen LogP contribution is -2.39. The number of carbonyl (C=O) groups excluding carboxylic acids is 2. The number of rotatable bonds is 8. The van der Waals surface area contributed by atoms with Crippen molar-refractivity contribution in [1.29, 1.82) is 0 Å². The average Bonchev–Trinajstić information content (AvgIpc) is 2.96. The van der Waals surface area contributed by atoms with Crippen LogP contribution in [0.4, 0.5) is 11.8 Å². The monoisotopic (exact) mass is 521 g/mol. The molecule has 1 amide bonds. The second-order valence-corrected chi connectivity index (χ2v) is 10.6. The zero-order chi connectivity index (χ0) is 27.4.